The maximum absolute atomic E-state index is 5.79. The summed E-state index contributed by atoms with van der Waals surface area (Å²) >= 11 is 1.62. The SMILES string of the molecule is NCC1CCCN(c2snc3ccccc23)C1. The van der Waals surface area contributed by atoms with Gasteiger partial charge in [-0.2, -0.15) is 4.37 Å². The summed E-state index contributed by atoms with van der Waals surface area (Å²) in [4.78, 5) is 2.46. The van der Waals surface area contributed by atoms with Crippen LogP contribution in [0.2, 0.25) is 0 Å². The third kappa shape index (κ3) is 2.03. The molecule has 2 N–H and O–H groups in total. The number of fused-ring (bicyclic) bond motifs is 1. The fourth-order valence-electron chi connectivity index (χ4n) is 2.55. The Labute approximate surface area is 105 Å². The smallest absolute Gasteiger partial charge is 0.119 e. The van der Waals surface area contributed by atoms with E-state index in [-0.39, 0.29) is 0 Å². The van der Waals surface area contributed by atoms with Gasteiger partial charge in [0.25, 0.3) is 0 Å². The van der Waals surface area contributed by atoms with Crippen LogP contribution in [0, 0.1) is 5.92 Å². The number of piperidine rings is 1. The first kappa shape index (κ1) is 11.0. The zero-order valence-electron chi connectivity index (χ0n) is 9.80. The zero-order valence-corrected chi connectivity index (χ0v) is 10.6. The van der Waals surface area contributed by atoms with Gasteiger partial charge < -0.3 is 10.6 Å². The lowest BCUT2D eigenvalue weighted by atomic mass is 9.98. The van der Waals surface area contributed by atoms with E-state index in [1.54, 1.807) is 11.5 Å². The summed E-state index contributed by atoms with van der Waals surface area (Å²) < 4.78 is 4.51. The van der Waals surface area contributed by atoms with E-state index in [1.807, 2.05) is 6.07 Å². The topological polar surface area (TPSA) is 42.1 Å². The molecule has 1 aliphatic rings. The molecule has 1 aromatic heterocycles. The summed E-state index contributed by atoms with van der Waals surface area (Å²) in [5, 5.41) is 2.61. The van der Waals surface area contributed by atoms with E-state index < -0.39 is 0 Å². The third-order valence-electron chi connectivity index (χ3n) is 3.50. The highest BCUT2D eigenvalue weighted by Crippen LogP contribution is 2.33. The van der Waals surface area contributed by atoms with E-state index >= 15 is 0 Å². The lowest BCUT2D eigenvalue weighted by Crippen LogP contribution is -2.38. The highest BCUT2D eigenvalue weighted by molar-refractivity contribution is 7.11. The van der Waals surface area contributed by atoms with Crippen LogP contribution >= 0.6 is 11.5 Å². The van der Waals surface area contributed by atoms with Gasteiger partial charge in [-0.3, -0.25) is 0 Å². The number of nitrogens with two attached hydrogens (primary N) is 1. The molecule has 3 nitrogen and oxygen atoms in total. The largest absolute Gasteiger partial charge is 0.361 e. The molecule has 2 heterocycles. The van der Waals surface area contributed by atoms with Crippen molar-refractivity contribution in [1.29, 1.82) is 0 Å². The van der Waals surface area contributed by atoms with Crippen LogP contribution in [-0.2, 0) is 0 Å². The van der Waals surface area contributed by atoms with Crippen LogP contribution in [0.4, 0.5) is 5.00 Å². The fourth-order valence-corrected chi connectivity index (χ4v) is 3.44. The van der Waals surface area contributed by atoms with E-state index in [4.69, 9.17) is 5.73 Å². The number of nitrogens with zero attached hydrogens (tertiary/aromatic N) is 2. The van der Waals surface area contributed by atoms with Crippen molar-refractivity contribution in [2.45, 2.75) is 12.8 Å². The molecule has 1 aromatic carbocycles. The number of rotatable bonds is 2. The Hall–Kier alpha value is -1.13. The molecule has 1 unspecified atom stereocenters. The quantitative estimate of drug-likeness (QED) is 0.886. The molecule has 1 aliphatic heterocycles. The molecule has 0 bridgehead atoms. The average molecular weight is 247 g/mol. The summed E-state index contributed by atoms with van der Waals surface area (Å²) in [5.41, 5.74) is 6.91. The molecular formula is C13H17N3S. The molecular weight excluding hydrogens is 230 g/mol. The Morgan fingerprint density at radius 1 is 1.41 bits per heavy atom. The number of benzene rings is 1. The molecule has 0 radical (unpaired) electrons. The number of hydrogen-bond donors (Lipinski definition) is 1. The normalized spacial score (nSPS) is 21.0. The van der Waals surface area contributed by atoms with E-state index in [9.17, 15) is 0 Å². The predicted molar refractivity (Wildman–Crippen MR) is 73.6 cm³/mol. The minimum Gasteiger partial charge on any atom is -0.361 e. The molecule has 17 heavy (non-hydrogen) atoms. The van der Waals surface area contributed by atoms with Crippen LogP contribution in [0.3, 0.4) is 0 Å². The summed E-state index contributed by atoms with van der Waals surface area (Å²) in [5.74, 6) is 0.643. The van der Waals surface area contributed by atoms with Gasteiger partial charge in [0.05, 0.1) is 5.52 Å². The van der Waals surface area contributed by atoms with E-state index in [2.05, 4.69) is 27.5 Å². The highest BCUT2D eigenvalue weighted by atomic mass is 32.1. The Morgan fingerprint density at radius 3 is 3.18 bits per heavy atom. The van der Waals surface area contributed by atoms with Crippen molar-refractivity contribution in [3.63, 3.8) is 0 Å². The number of aromatic nitrogens is 1. The molecule has 0 spiro atoms. The molecule has 2 aromatic rings. The van der Waals surface area contributed by atoms with Crippen molar-refractivity contribution in [2.75, 3.05) is 24.5 Å². The molecule has 1 atom stereocenters. The molecule has 0 amide bonds. The Kier molecular flexibility index (Phi) is 2.99. The van der Waals surface area contributed by atoms with Gasteiger partial charge in [0.1, 0.15) is 5.00 Å². The predicted octanol–water partition coefficient (Wildman–Crippen LogP) is 2.47. The second-order valence-electron chi connectivity index (χ2n) is 4.69. The van der Waals surface area contributed by atoms with Crippen molar-refractivity contribution in [3.8, 4) is 0 Å². The molecule has 0 aliphatic carbocycles. The summed E-state index contributed by atoms with van der Waals surface area (Å²) in [6.07, 6.45) is 2.51. The van der Waals surface area contributed by atoms with Crippen LogP contribution < -0.4 is 10.6 Å². The standard InChI is InChI=1S/C13H17N3S/c14-8-10-4-3-7-16(9-10)13-11-5-1-2-6-12(11)15-17-13/h1-2,5-6,10H,3-4,7-9,14H2. The highest BCUT2D eigenvalue weighted by Gasteiger charge is 2.21. The van der Waals surface area contributed by atoms with E-state index in [1.165, 1.54) is 23.2 Å². The molecule has 1 fully saturated rings. The maximum Gasteiger partial charge on any atom is 0.119 e. The van der Waals surface area contributed by atoms with Crippen molar-refractivity contribution in [3.05, 3.63) is 24.3 Å². The first-order valence-corrected chi connectivity index (χ1v) is 6.95. The fraction of sp³-hybridized carbons (Fsp3) is 0.462. The van der Waals surface area contributed by atoms with Crippen LogP contribution in [0.25, 0.3) is 10.9 Å². The lowest BCUT2D eigenvalue weighted by molar-refractivity contribution is 0.425. The average Bonchev–Trinajstić information content (AvgIpc) is 2.82. The number of anilines is 1. The molecule has 4 heteroatoms. The van der Waals surface area contributed by atoms with Crippen LogP contribution in [0.1, 0.15) is 12.8 Å². The van der Waals surface area contributed by atoms with E-state index in [0.717, 1.165) is 25.2 Å². The molecule has 1 saturated heterocycles. The van der Waals surface area contributed by atoms with E-state index in [0.29, 0.717) is 5.92 Å². The zero-order chi connectivity index (χ0) is 11.7. The van der Waals surface area contributed by atoms with Gasteiger partial charge in [-0.05, 0) is 49.0 Å². The van der Waals surface area contributed by atoms with Crippen molar-refractivity contribution < 1.29 is 0 Å². The summed E-state index contributed by atoms with van der Waals surface area (Å²) in [6, 6.07) is 8.38. The molecule has 0 saturated carbocycles. The first-order chi connectivity index (χ1) is 8.38. The van der Waals surface area contributed by atoms with Gasteiger partial charge >= 0.3 is 0 Å². The van der Waals surface area contributed by atoms with Gasteiger partial charge in [0.2, 0.25) is 0 Å². The minimum absolute atomic E-state index is 0.643. The van der Waals surface area contributed by atoms with Gasteiger partial charge in [-0.25, -0.2) is 0 Å². The molecule has 90 valence electrons. The van der Waals surface area contributed by atoms with Crippen molar-refractivity contribution >= 4 is 27.4 Å². The maximum atomic E-state index is 5.79. The van der Waals surface area contributed by atoms with Crippen LogP contribution in [0.5, 0.6) is 0 Å². The van der Waals surface area contributed by atoms with Crippen molar-refractivity contribution in [2.24, 2.45) is 11.7 Å². The summed E-state index contributed by atoms with van der Waals surface area (Å²) in [6.45, 7) is 3.03. The van der Waals surface area contributed by atoms with Gasteiger partial charge in [0.15, 0.2) is 0 Å². The van der Waals surface area contributed by atoms with Crippen LogP contribution in [0.15, 0.2) is 24.3 Å². The van der Waals surface area contributed by atoms with Gasteiger partial charge in [-0.1, -0.05) is 12.1 Å². The second-order valence-corrected chi connectivity index (χ2v) is 5.45. The Morgan fingerprint density at radius 2 is 2.29 bits per heavy atom. The monoisotopic (exact) mass is 247 g/mol. The first-order valence-electron chi connectivity index (χ1n) is 6.18. The second kappa shape index (κ2) is 4.63. The third-order valence-corrected chi connectivity index (χ3v) is 4.44. The van der Waals surface area contributed by atoms with Gasteiger partial charge in [0, 0.05) is 18.5 Å². The number of hydrogen-bond acceptors (Lipinski definition) is 4. The van der Waals surface area contributed by atoms with Crippen LogP contribution in [-0.4, -0.2) is 24.0 Å². The van der Waals surface area contributed by atoms with Crippen molar-refractivity contribution in [1.82, 2.24) is 4.37 Å². The Bertz CT molecular complexity index is 508. The minimum atomic E-state index is 0.643. The summed E-state index contributed by atoms with van der Waals surface area (Å²) in [7, 11) is 0. The molecule has 3 rings (SSSR count). The van der Waals surface area contributed by atoms with Gasteiger partial charge in [-0.15, -0.1) is 0 Å². The Balaban J connectivity index is 1.92. The lowest BCUT2D eigenvalue weighted by Gasteiger charge is -2.32.